The summed E-state index contributed by atoms with van der Waals surface area (Å²) < 4.78 is 165. The molecule has 0 saturated heterocycles. The van der Waals surface area contributed by atoms with Gasteiger partial charge in [0.05, 0.1) is 0 Å². The van der Waals surface area contributed by atoms with Crippen molar-refractivity contribution in [2.45, 2.75) is 52.7 Å². The van der Waals surface area contributed by atoms with Crippen molar-refractivity contribution < 1.29 is 59.2 Å². The van der Waals surface area contributed by atoms with Crippen LogP contribution in [0, 0.1) is 0 Å². The van der Waals surface area contributed by atoms with Crippen molar-refractivity contribution in [1.29, 1.82) is 0 Å². The number of rotatable bonds is 12. The minimum atomic E-state index is -5.67. The lowest BCUT2D eigenvalue weighted by molar-refractivity contribution is -0.158. The molecule has 2 atom stereocenters. The van der Waals surface area contributed by atoms with E-state index in [0.717, 1.165) is 0 Å². The molecule has 308 valence electrons. The van der Waals surface area contributed by atoms with Gasteiger partial charge in [0.1, 0.15) is 0 Å². The Bertz CT molecular complexity index is 2060. The van der Waals surface area contributed by atoms with Crippen LogP contribution in [0.15, 0.2) is 211 Å². The van der Waals surface area contributed by atoms with Crippen molar-refractivity contribution in [2.75, 3.05) is 0 Å². The molecular formula is C40H32F8O6S4. The summed E-state index contributed by atoms with van der Waals surface area (Å²) in [4.78, 5) is 1.89. The van der Waals surface area contributed by atoms with E-state index in [1.54, 1.807) is 182 Å². The van der Waals surface area contributed by atoms with E-state index in [4.69, 9.17) is 7.26 Å². The predicted molar refractivity (Wildman–Crippen MR) is 205 cm³/mol. The number of benzene rings is 6. The highest BCUT2D eigenvalue weighted by molar-refractivity contribution is 8.33. The van der Waals surface area contributed by atoms with E-state index in [0.29, 0.717) is 29.4 Å². The van der Waals surface area contributed by atoms with Gasteiger partial charge in [-0.3, -0.25) is 0 Å². The van der Waals surface area contributed by atoms with Gasteiger partial charge in [-0.2, -0.15) is 43.2 Å². The van der Waals surface area contributed by atoms with Crippen LogP contribution in [0.4, 0.5) is 35.1 Å². The van der Waals surface area contributed by atoms with Crippen LogP contribution in [0.5, 0.6) is 0 Å². The van der Waals surface area contributed by atoms with Crippen LogP contribution in [0.2, 0.25) is 0 Å². The molecule has 6 aromatic carbocycles. The molecule has 0 aliphatic heterocycles. The standard InChI is InChI=1S/2C20H16F4O3S2/c2*21-19(20(22,23)24)29(25,26)27-28(16-10-4-1-5-11-16,17-12-6-2-7-13-17)18-14-8-3-9-15-18/h2*1-15,19H. The average Bonchev–Trinajstić information content (AvgIpc) is 3.23. The van der Waals surface area contributed by atoms with Crippen molar-refractivity contribution in [2.24, 2.45) is 0 Å². The third-order valence-corrected chi connectivity index (χ3v) is 18.2. The number of alkyl halides is 8. The van der Waals surface area contributed by atoms with Crippen LogP contribution >= 0.6 is 20.6 Å². The lowest BCUT2D eigenvalue weighted by atomic mass is 10.4. The van der Waals surface area contributed by atoms with Crippen molar-refractivity contribution in [3.63, 3.8) is 0 Å². The second-order valence-corrected chi connectivity index (χ2v) is 20.8. The Morgan fingerprint density at radius 1 is 0.328 bits per heavy atom. The topological polar surface area (TPSA) is 86.7 Å². The number of halogens is 8. The highest BCUT2D eigenvalue weighted by Crippen LogP contribution is 2.71. The van der Waals surface area contributed by atoms with Crippen molar-refractivity contribution in [3.8, 4) is 0 Å². The van der Waals surface area contributed by atoms with Crippen molar-refractivity contribution in [1.82, 2.24) is 0 Å². The van der Waals surface area contributed by atoms with Crippen molar-refractivity contribution in [3.05, 3.63) is 182 Å². The van der Waals surface area contributed by atoms with Crippen LogP contribution in [0.25, 0.3) is 0 Å². The van der Waals surface area contributed by atoms with Gasteiger partial charge in [0, 0.05) is 29.4 Å². The lowest BCUT2D eigenvalue weighted by Gasteiger charge is -2.39. The Hall–Kier alpha value is -4.72. The Balaban J connectivity index is 0.000000221. The van der Waals surface area contributed by atoms with Gasteiger partial charge in [-0.1, -0.05) is 109 Å². The van der Waals surface area contributed by atoms with E-state index in [2.05, 4.69) is 0 Å². The highest BCUT2D eigenvalue weighted by Gasteiger charge is 2.54. The molecule has 0 amide bonds. The third-order valence-electron chi connectivity index (χ3n) is 7.87. The molecule has 0 fully saturated rings. The summed E-state index contributed by atoms with van der Waals surface area (Å²) in [6.07, 6.45) is -11.2. The third kappa shape index (κ3) is 9.76. The average molecular weight is 889 g/mol. The molecule has 0 aliphatic rings. The van der Waals surface area contributed by atoms with E-state index in [9.17, 15) is 52.0 Å². The molecule has 6 nitrogen and oxygen atoms in total. The Morgan fingerprint density at radius 3 is 0.621 bits per heavy atom. The molecule has 0 radical (unpaired) electrons. The Kier molecular flexibility index (Phi) is 13.8. The molecule has 0 spiro atoms. The van der Waals surface area contributed by atoms with Crippen molar-refractivity contribution >= 4 is 40.9 Å². The molecule has 0 saturated carbocycles. The van der Waals surface area contributed by atoms with Gasteiger partial charge >= 0.3 is 43.6 Å². The minimum Gasteiger partial charge on any atom is -0.217 e. The molecule has 58 heavy (non-hydrogen) atoms. The summed E-state index contributed by atoms with van der Waals surface area (Å²) in [5.41, 5.74) is -8.34. The fourth-order valence-corrected chi connectivity index (χ4v) is 15.6. The highest BCUT2D eigenvalue weighted by atomic mass is 32.3. The molecule has 0 heterocycles. The Labute approximate surface area is 333 Å². The number of hydrogen-bond donors (Lipinski definition) is 0. The van der Waals surface area contributed by atoms with Gasteiger partial charge in [0.2, 0.25) is 0 Å². The zero-order chi connectivity index (χ0) is 42.2. The van der Waals surface area contributed by atoms with Gasteiger partial charge in [-0.05, 0) is 93.4 Å². The second-order valence-electron chi connectivity index (χ2n) is 11.8. The largest absolute Gasteiger partial charge is 0.436 e. The molecule has 6 rings (SSSR count). The maximum absolute atomic E-state index is 13.9. The first-order valence-electron chi connectivity index (χ1n) is 16.6. The fourth-order valence-electron chi connectivity index (χ4n) is 5.41. The lowest BCUT2D eigenvalue weighted by Crippen LogP contribution is -2.34. The molecule has 0 N–H and O–H groups in total. The summed E-state index contributed by atoms with van der Waals surface area (Å²) in [5, 5.41) is 0. The monoisotopic (exact) mass is 888 g/mol. The molecule has 6 aromatic rings. The summed E-state index contributed by atoms with van der Waals surface area (Å²) in [7, 11) is -17.8. The summed E-state index contributed by atoms with van der Waals surface area (Å²) in [5.74, 6) is 0. The summed E-state index contributed by atoms with van der Waals surface area (Å²) in [6, 6.07) is 47.9. The summed E-state index contributed by atoms with van der Waals surface area (Å²) >= 11 is 0. The van der Waals surface area contributed by atoms with Gasteiger partial charge < -0.3 is 0 Å². The summed E-state index contributed by atoms with van der Waals surface area (Å²) in [6.45, 7) is 0. The van der Waals surface area contributed by atoms with E-state index in [1.807, 2.05) is 0 Å². The molecule has 0 aromatic heterocycles. The fraction of sp³-hybridized carbons (Fsp3) is 0.100. The molecular weight excluding hydrogens is 857 g/mol. The predicted octanol–water partition coefficient (Wildman–Crippen LogP) is 12.2. The van der Waals surface area contributed by atoms with Crippen LogP contribution in [-0.4, -0.2) is 40.2 Å². The normalized spacial score (nSPS) is 14.3. The van der Waals surface area contributed by atoms with Gasteiger partial charge in [0.15, 0.2) is 0 Å². The quantitative estimate of drug-likeness (QED) is 0.114. The maximum Gasteiger partial charge on any atom is 0.436 e. The second kappa shape index (κ2) is 18.0. The van der Waals surface area contributed by atoms with Crippen LogP contribution in [-0.2, 0) is 27.5 Å². The minimum absolute atomic E-state index is 0.315. The first-order chi connectivity index (χ1) is 27.4. The molecule has 0 bridgehead atoms. The number of hydrogen-bond acceptors (Lipinski definition) is 6. The smallest absolute Gasteiger partial charge is 0.217 e. The SMILES string of the molecule is O=S(=O)(OS(c1ccccc1)(c1ccccc1)c1ccccc1)C(F)C(F)(F)F.O=S(=O)(OS(c1ccccc1)(c1ccccc1)c1ccccc1)C(F)C(F)(F)F. The van der Waals surface area contributed by atoms with Crippen LogP contribution < -0.4 is 0 Å². The van der Waals surface area contributed by atoms with Crippen LogP contribution in [0.1, 0.15) is 0 Å². The molecule has 18 heteroatoms. The van der Waals surface area contributed by atoms with Gasteiger partial charge in [0.25, 0.3) is 0 Å². The zero-order valence-electron chi connectivity index (χ0n) is 29.6. The molecule has 0 aliphatic carbocycles. The zero-order valence-corrected chi connectivity index (χ0v) is 32.8. The van der Waals surface area contributed by atoms with E-state index < -0.39 is 64.2 Å². The van der Waals surface area contributed by atoms with Gasteiger partial charge in [-0.25, -0.2) is 16.0 Å². The first kappa shape index (κ1) is 44.4. The molecule has 2 unspecified atom stereocenters. The van der Waals surface area contributed by atoms with E-state index in [-0.39, 0.29) is 0 Å². The van der Waals surface area contributed by atoms with E-state index >= 15 is 0 Å². The maximum atomic E-state index is 13.9. The van der Waals surface area contributed by atoms with Crippen LogP contribution in [0.3, 0.4) is 0 Å². The Morgan fingerprint density at radius 2 is 0.483 bits per heavy atom. The van der Waals surface area contributed by atoms with E-state index in [1.165, 1.54) is 0 Å². The first-order valence-corrected chi connectivity index (χ1v) is 22.7. The van der Waals surface area contributed by atoms with Gasteiger partial charge in [-0.15, -0.1) is 0 Å².